The van der Waals surface area contributed by atoms with E-state index in [4.69, 9.17) is 15.6 Å². The highest BCUT2D eigenvalue weighted by molar-refractivity contribution is 5.86. The van der Waals surface area contributed by atoms with Crippen LogP contribution in [0.2, 0.25) is 0 Å². The molecular formula is C9H7F3N4O2. The minimum absolute atomic E-state index is 0.475. The standard InChI is InChI=1S/C7H6N4.C2HF3O2/c8-7-5-3-9-2-1-6(5)10-4-11-7;3-2(4,5)1(6)7/h1-4H,(H2,8,10,11);(H,6,7). The number of rotatable bonds is 0. The van der Waals surface area contributed by atoms with Crippen LogP contribution >= 0.6 is 0 Å². The van der Waals surface area contributed by atoms with Crippen LogP contribution in [0.4, 0.5) is 19.0 Å². The topological polar surface area (TPSA) is 102 Å². The van der Waals surface area contributed by atoms with Gasteiger partial charge in [-0.15, -0.1) is 0 Å². The third kappa shape index (κ3) is 3.54. The molecule has 0 aliphatic heterocycles. The molecule has 0 amide bonds. The van der Waals surface area contributed by atoms with Crippen molar-refractivity contribution < 1.29 is 23.1 Å². The number of hydrogen-bond donors (Lipinski definition) is 2. The van der Waals surface area contributed by atoms with Crippen LogP contribution in [0.15, 0.2) is 24.8 Å². The van der Waals surface area contributed by atoms with Crippen LogP contribution < -0.4 is 5.73 Å². The number of nitrogens with zero attached hydrogens (tertiary/aromatic N) is 3. The Morgan fingerprint density at radius 3 is 2.44 bits per heavy atom. The lowest BCUT2D eigenvalue weighted by Crippen LogP contribution is -2.21. The van der Waals surface area contributed by atoms with Crippen LogP contribution in [0.5, 0.6) is 0 Å². The smallest absolute Gasteiger partial charge is 0.475 e. The molecule has 0 aromatic carbocycles. The molecule has 9 heteroatoms. The summed E-state index contributed by atoms with van der Waals surface area (Å²) < 4.78 is 31.7. The molecule has 0 unspecified atom stereocenters. The van der Waals surface area contributed by atoms with E-state index in [1.54, 1.807) is 18.5 Å². The molecule has 0 aliphatic rings. The van der Waals surface area contributed by atoms with E-state index in [1.807, 2.05) is 0 Å². The number of carboxylic acids is 1. The number of pyridine rings is 1. The van der Waals surface area contributed by atoms with Crippen molar-refractivity contribution in [2.75, 3.05) is 5.73 Å². The number of nitrogens with two attached hydrogens (primary N) is 1. The first-order chi connectivity index (χ1) is 8.32. The molecule has 0 spiro atoms. The number of aromatic nitrogens is 3. The number of carbonyl (C=O) groups is 1. The fraction of sp³-hybridized carbons (Fsp3) is 0.111. The average Bonchev–Trinajstić information content (AvgIpc) is 2.29. The van der Waals surface area contributed by atoms with Crippen molar-refractivity contribution >= 4 is 22.7 Å². The van der Waals surface area contributed by atoms with Crippen LogP contribution in [-0.2, 0) is 4.79 Å². The first-order valence-electron chi connectivity index (χ1n) is 4.42. The van der Waals surface area contributed by atoms with Gasteiger partial charge in [0.1, 0.15) is 12.1 Å². The number of anilines is 1. The SMILES string of the molecule is Nc1ncnc2ccncc12.O=C(O)C(F)(F)F. The molecule has 3 N–H and O–H groups in total. The number of aliphatic carboxylic acids is 1. The molecule has 2 heterocycles. The Morgan fingerprint density at radius 2 is 1.94 bits per heavy atom. The summed E-state index contributed by atoms with van der Waals surface area (Å²) in [4.78, 5) is 20.7. The fourth-order valence-corrected chi connectivity index (χ4v) is 0.920. The monoisotopic (exact) mass is 260 g/mol. The number of halogens is 3. The summed E-state index contributed by atoms with van der Waals surface area (Å²) in [6, 6.07) is 1.80. The zero-order chi connectivity index (χ0) is 13.8. The van der Waals surface area contributed by atoms with Crippen LogP contribution in [0.1, 0.15) is 0 Å². The Hall–Kier alpha value is -2.45. The summed E-state index contributed by atoms with van der Waals surface area (Å²) in [6.07, 6.45) is -0.308. The minimum Gasteiger partial charge on any atom is -0.475 e. The molecule has 0 atom stereocenters. The van der Waals surface area contributed by atoms with Gasteiger partial charge in [0.2, 0.25) is 0 Å². The molecule has 0 saturated carbocycles. The van der Waals surface area contributed by atoms with Crippen LogP contribution in [0.3, 0.4) is 0 Å². The second-order valence-corrected chi connectivity index (χ2v) is 2.95. The number of hydrogen-bond acceptors (Lipinski definition) is 5. The second-order valence-electron chi connectivity index (χ2n) is 2.95. The molecule has 0 bridgehead atoms. The highest BCUT2D eigenvalue weighted by Gasteiger charge is 2.38. The van der Waals surface area contributed by atoms with Crippen molar-refractivity contribution in [1.29, 1.82) is 0 Å². The molecule has 6 nitrogen and oxygen atoms in total. The van der Waals surface area contributed by atoms with Crippen molar-refractivity contribution in [2.24, 2.45) is 0 Å². The summed E-state index contributed by atoms with van der Waals surface area (Å²) in [5.74, 6) is -2.28. The predicted octanol–water partition coefficient (Wildman–Crippen LogP) is 1.24. The maximum Gasteiger partial charge on any atom is 0.490 e. The quantitative estimate of drug-likeness (QED) is 0.738. The van der Waals surface area contributed by atoms with E-state index in [-0.39, 0.29) is 0 Å². The van der Waals surface area contributed by atoms with E-state index in [2.05, 4.69) is 15.0 Å². The molecule has 0 fully saturated rings. The number of fused-ring (bicyclic) bond motifs is 1. The van der Waals surface area contributed by atoms with Crippen molar-refractivity contribution in [3.05, 3.63) is 24.8 Å². The average molecular weight is 260 g/mol. The van der Waals surface area contributed by atoms with Gasteiger partial charge in [-0.3, -0.25) is 4.98 Å². The predicted molar refractivity (Wildman–Crippen MR) is 55.4 cm³/mol. The highest BCUT2D eigenvalue weighted by atomic mass is 19.4. The Balaban J connectivity index is 0.000000203. The molecule has 0 radical (unpaired) electrons. The molecule has 18 heavy (non-hydrogen) atoms. The lowest BCUT2D eigenvalue weighted by Gasteiger charge is -1.96. The zero-order valence-corrected chi connectivity index (χ0v) is 8.72. The van der Waals surface area contributed by atoms with Gasteiger partial charge in [-0.1, -0.05) is 0 Å². The number of carboxylic acid groups (broad SMARTS) is 1. The molecule has 96 valence electrons. The van der Waals surface area contributed by atoms with Gasteiger partial charge in [0, 0.05) is 12.4 Å². The molecule has 0 saturated heterocycles. The van der Waals surface area contributed by atoms with Crippen LogP contribution in [0, 0.1) is 0 Å². The third-order valence-electron chi connectivity index (χ3n) is 1.71. The number of nitrogen functional groups attached to an aromatic ring is 1. The van der Waals surface area contributed by atoms with Gasteiger partial charge in [-0.2, -0.15) is 13.2 Å². The number of alkyl halides is 3. The van der Waals surface area contributed by atoms with Crippen LogP contribution in [-0.4, -0.2) is 32.2 Å². The van der Waals surface area contributed by atoms with Crippen molar-refractivity contribution in [2.45, 2.75) is 6.18 Å². The molecule has 2 aromatic heterocycles. The summed E-state index contributed by atoms with van der Waals surface area (Å²) in [7, 11) is 0. The maximum absolute atomic E-state index is 10.6. The highest BCUT2D eigenvalue weighted by Crippen LogP contribution is 2.13. The molecule has 0 aliphatic carbocycles. The molecular weight excluding hydrogens is 253 g/mol. The summed E-state index contributed by atoms with van der Waals surface area (Å²) in [6.45, 7) is 0. The summed E-state index contributed by atoms with van der Waals surface area (Å²) >= 11 is 0. The van der Waals surface area contributed by atoms with Gasteiger partial charge in [-0.05, 0) is 6.07 Å². The van der Waals surface area contributed by atoms with Crippen molar-refractivity contribution in [3.8, 4) is 0 Å². The minimum atomic E-state index is -5.08. The van der Waals surface area contributed by atoms with Gasteiger partial charge >= 0.3 is 12.1 Å². The van der Waals surface area contributed by atoms with E-state index in [0.717, 1.165) is 10.9 Å². The van der Waals surface area contributed by atoms with Crippen molar-refractivity contribution in [1.82, 2.24) is 15.0 Å². The van der Waals surface area contributed by atoms with Gasteiger partial charge < -0.3 is 10.8 Å². The maximum atomic E-state index is 10.6. The first kappa shape index (κ1) is 13.6. The lowest BCUT2D eigenvalue weighted by atomic mass is 10.3. The molecule has 2 aromatic rings. The second kappa shape index (κ2) is 5.25. The Morgan fingerprint density at radius 1 is 1.33 bits per heavy atom. The summed E-state index contributed by atoms with van der Waals surface area (Å²) in [5.41, 5.74) is 6.39. The lowest BCUT2D eigenvalue weighted by molar-refractivity contribution is -0.192. The zero-order valence-electron chi connectivity index (χ0n) is 8.72. The van der Waals surface area contributed by atoms with Gasteiger partial charge in [0.25, 0.3) is 0 Å². The van der Waals surface area contributed by atoms with Crippen LogP contribution in [0.25, 0.3) is 10.9 Å². The first-order valence-corrected chi connectivity index (χ1v) is 4.42. The van der Waals surface area contributed by atoms with E-state index >= 15 is 0 Å². The van der Waals surface area contributed by atoms with E-state index in [1.165, 1.54) is 6.33 Å². The summed E-state index contributed by atoms with van der Waals surface area (Å²) in [5, 5.41) is 7.93. The third-order valence-corrected chi connectivity index (χ3v) is 1.71. The van der Waals surface area contributed by atoms with E-state index < -0.39 is 12.1 Å². The van der Waals surface area contributed by atoms with Gasteiger partial charge in [-0.25, -0.2) is 14.8 Å². The van der Waals surface area contributed by atoms with E-state index in [9.17, 15) is 13.2 Å². The Labute approximate surface area is 98.3 Å². The molecule has 2 rings (SSSR count). The van der Waals surface area contributed by atoms with Crippen molar-refractivity contribution in [3.63, 3.8) is 0 Å². The normalized spacial score (nSPS) is 10.6. The Bertz CT molecular complexity index is 553. The Kier molecular flexibility index (Phi) is 3.97. The fourth-order valence-electron chi connectivity index (χ4n) is 0.920. The van der Waals surface area contributed by atoms with Gasteiger partial charge in [0.15, 0.2) is 0 Å². The largest absolute Gasteiger partial charge is 0.490 e. The van der Waals surface area contributed by atoms with Gasteiger partial charge in [0.05, 0.1) is 10.9 Å². The van der Waals surface area contributed by atoms with E-state index in [0.29, 0.717) is 5.82 Å².